The molecular weight excluding hydrogens is 405 g/mol. The quantitative estimate of drug-likeness (QED) is 0.664. The van der Waals surface area contributed by atoms with Gasteiger partial charge in [-0.15, -0.1) is 11.8 Å². The van der Waals surface area contributed by atoms with Crippen molar-refractivity contribution in [1.82, 2.24) is 9.78 Å². The molecule has 0 bridgehead atoms. The van der Waals surface area contributed by atoms with Crippen molar-refractivity contribution in [1.29, 1.82) is 0 Å². The largest absolute Gasteiger partial charge is 0.493 e. The Morgan fingerprint density at radius 1 is 1.10 bits per heavy atom. The zero-order chi connectivity index (χ0) is 21.4. The Bertz CT molecular complexity index is 1100. The molecular formula is C22H22FN3O3S. The molecule has 6 nitrogen and oxygen atoms in total. The summed E-state index contributed by atoms with van der Waals surface area (Å²) in [6, 6.07) is 11.8. The minimum atomic E-state index is -0.329. The van der Waals surface area contributed by atoms with Crippen LogP contribution in [-0.2, 0) is 4.79 Å². The standard InChI is InChI=1S/C22H22FN3O3S/c1-12-19-20(14-5-10-17(28-3)18(11-14)29-4)30-13(2)22(27)24-21(19)26(25-12)16-8-6-15(23)7-9-16/h5-11,13,20H,1-4H3,(H,24,27)/t13-,20-/m1/s1. The number of carbonyl (C=O) groups excluding carboxylic acids is 1. The van der Waals surface area contributed by atoms with Crippen molar-refractivity contribution in [2.24, 2.45) is 0 Å². The summed E-state index contributed by atoms with van der Waals surface area (Å²) in [6.45, 7) is 3.79. The number of nitrogens with zero attached hydrogens (tertiary/aromatic N) is 2. The molecule has 0 radical (unpaired) electrons. The van der Waals surface area contributed by atoms with Gasteiger partial charge < -0.3 is 14.8 Å². The molecule has 0 unspecified atom stereocenters. The molecule has 8 heteroatoms. The number of fused-ring (bicyclic) bond motifs is 1. The molecule has 2 heterocycles. The van der Waals surface area contributed by atoms with Crippen LogP contribution in [0.15, 0.2) is 42.5 Å². The molecule has 2 atom stereocenters. The average Bonchev–Trinajstić information content (AvgIpc) is 2.99. The molecule has 2 aromatic carbocycles. The highest BCUT2D eigenvalue weighted by molar-refractivity contribution is 8.01. The number of aryl methyl sites for hydroxylation is 1. The van der Waals surface area contributed by atoms with Gasteiger partial charge in [-0.25, -0.2) is 9.07 Å². The third kappa shape index (κ3) is 3.52. The monoisotopic (exact) mass is 427 g/mol. The van der Waals surface area contributed by atoms with Crippen LogP contribution in [0, 0.1) is 12.7 Å². The normalized spacial score (nSPS) is 18.4. The van der Waals surface area contributed by atoms with Crippen LogP contribution < -0.4 is 14.8 Å². The molecule has 4 rings (SSSR count). The molecule has 1 aromatic heterocycles. The van der Waals surface area contributed by atoms with Crippen LogP contribution in [-0.4, -0.2) is 35.2 Å². The number of thioether (sulfide) groups is 1. The molecule has 1 N–H and O–H groups in total. The van der Waals surface area contributed by atoms with Gasteiger partial charge in [-0.3, -0.25) is 4.79 Å². The van der Waals surface area contributed by atoms with Crippen molar-refractivity contribution in [3.05, 3.63) is 65.1 Å². The first kappa shape index (κ1) is 20.3. The zero-order valence-corrected chi connectivity index (χ0v) is 17.9. The van der Waals surface area contributed by atoms with Gasteiger partial charge in [0.25, 0.3) is 0 Å². The maximum absolute atomic E-state index is 13.4. The first-order chi connectivity index (χ1) is 14.4. The second kappa shape index (κ2) is 8.02. The Kier molecular flexibility index (Phi) is 5.42. The van der Waals surface area contributed by atoms with Crippen molar-refractivity contribution in [2.75, 3.05) is 19.5 Å². The topological polar surface area (TPSA) is 65.4 Å². The predicted octanol–water partition coefficient (Wildman–Crippen LogP) is 4.50. The van der Waals surface area contributed by atoms with E-state index < -0.39 is 0 Å². The van der Waals surface area contributed by atoms with Gasteiger partial charge in [0.15, 0.2) is 11.5 Å². The Morgan fingerprint density at radius 3 is 2.47 bits per heavy atom. The van der Waals surface area contributed by atoms with Gasteiger partial charge in [-0.1, -0.05) is 6.07 Å². The van der Waals surface area contributed by atoms with Crippen LogP contribution in [0.2, 0.25) is 0 Å². The van der Waals surface area contributed by atoms with Crippen molar-refractivity contribution in [2.45, 2.75) is 24.3 Å². The number of rotatable bonds is 4. The van der Waals surface area contributed by atoms with Gasteiger partial charge >= 0.3 is 0 Å². The molecule has 0 fully saturated rings. The summed E-state index contributed by atoms with van der Waals surface area (Å²) in [7, 11) is 3.19. The van der Waals surface area contributed by atoms with Crippen LogP contribution in [0.25, 0.3) is 5.69 Å². The first-order valence-electron chi connectivity index (χ1n) is 9.46. The highest BCUT2D eigenvalue weighted by Crippen LogP contribution is 2.47. The Morgan fingerprint density at radius 2 is 1.80 bits per heavy atom. The molecule has 0 saturated carbocycles. The van der Waals surface area contributed by atoms with Crippen molar-refractivity contribution in [3.8, 4) is 17.2 Å². The van der Waals surface area contributed by atoms with E-state index in [1.54, 1.807) is 42.8 Å². The van der Waals surface area contributed by atoms with Gasteiger partial charge in [0.05, 0.1) is 36.1 Å². The Balaban J connectivity index is 1.89. The van der Waals surface area contributed by atoms with Crippen molar-refractivity contribution in [3.63, 3.8) is 0 Å². The molecule has 1 aliphatic rings. The number of hydrogen-bond acceptors (Lipinski definition) is 5. The fourth-order valence-electron chi connectivity index (χ4n) is 3.56. The van der Waals surface area contributed by atoms with Gasteiger partial charge in [0, 0.05) is 5.56 Å². The number of benzene rings is 2. The zero-order valence-electron chi connectivity index (χ0n) is 17.1. The second-order valence-corrected chi connectivity index (χ2v) is 8.45. The number of nitrogens with one attached hydrogen (secondary N) is 1. The number of carbonyl (C=O) groups is 1. The Hall–Kier alpha value is -3.00. The van der Waals surface area contributed by atoms with Crippen LogP contribution in [0.3, 0.4) is 0 Å². The fourth-order valence-corrected chi connectivity index (χ4v) is 4.87. The number of hydrogen-bond donors (Lipinski definition) is 1. The van der Waals surface area contributed by atoms with Gasteiger partial charge in [0.2, 0.25) is 5.91 Å². The minimum Gasteiger partial charge on any atom is -0.493 e. The molecule has 30 heavy (non-hydrogen) atoms. The molecule has 1 aliphatic heterocycles. The summed E-state index contributed by atoms with van der Waals surface area (Å²) < 4.78 is 25.9. The third-order valence-electron chi connectivity index (χ3n) is 5.10. The summed E-state index contributed by atoms with van der Waals surface area (Å²) in [5, 5.41) is 7.24. The number of anilines is 1. The second-order valence-electron chi connectivity index (χ2n) is 7.00. The summed E-state index contributed by atoms with van der Waals surface area (Å²) in [6.07, 6.45) is 0. The average molecular weight is 428 g/mol. The molecule has 0 spiro atoms. The maximum atomic E-state index is 13.4. The molecule has 1 amide bonds. The Labute approximate surface area is 178 Å². The molecule has 3 aromatic rings. The summed E-state index contributed by atoms with van der Waals surface area (Å²) in [5.41, 5.74) is 3.35. The van der Waals surface area contributed by atoms with Crippen LogP contribution in [0.5, 0.6) is 11.5 Å². The van der Waals surface area contributed by atoms with E-state index >= 15 is 0 Å². The molecule has 0 saturated heterocycles. The number of amides is 1. The minimum absolute atomic E-state index is 0.104. The predicted molar refractivity (Wildman–Crippen MR) is 115 cm³/mol. The van der Waals surface area contributed by atoms with E-state index in [9.17, 15) is 9.18 Å². The van der Waals surface area contributed by atoms with E-state index in [0.717, 1.165) is 16.8 Å². The summed E-state index contributed by atoms with van der Waals surface area (Å²) in [4.78, 5) is 12.7. The van der Waals surface area contributed by atoms with Crippen LogP contribution >= 0.6 is 11.8 Å². The van der Waals surface area contributed by atoms with Gasteiger partial charge in [-0.2, -0.15) is 5.10 Å². The highest BCUT2D eigenvalue weighted by atomic mass is 32.2. The lowest BCUT2D eigenvalue weighted by molar-refractivity contribution is -0.115. The van der Waals surface area contributed by atoms with E-state index in [1.165, 1.54) is 12.1 Å². The van der Waals surface area contributed by atoms with E-state index in [4.69, 9.17) is 9.47 Å². The SMILES string of the molecule is COc1ccc([C@H]2S[C@H](C)C(=O)Nc3c2c(C)nn3-c2ccc(F)cc2)cc1OC. The lowest BCUT2D eigenvalue weighted by Crippen LogP contribution is -2.22. The molecule has 156 valence electrons. The fraction of sp³-hybridized carbons (Fsp3) is 0.273. The summed E-state index contributed by atoms with van der Waals surface area (Å²) >= 11 is 1.55. The smallest absolute Gasteiger partial charge is 0.238 e. The number of methoxy groups -OCH3 is 2. The first-order valence-corrected chi connectivity index (χ1v) is 10.4. The third-order valence-corrected chi connectivity index (χ3v) is 6.50. The maximum Gasteiger partial charge on any atom is 0.238 e. The lowest BCUT2D eigenvalue weighted by Gasteiger charge is -2.19. The van der Waals surface area contributed by atoms with Crippen LogP contribution in [0.4, 0.5) is 10.2 Å². The molecule has 0 aliphatic carbocycles. The van der Waals surface area contributed by atoms with E-state index in [2.05, 4.69) is 10.4 Å². The van der Waals surface area contributed by atoms with Crippen molar-refractivity contribution < 1.29 is 18.7 Å². The number of halogens is 1. The van der Waals surface area contributed by atoms with E-state index in [-0.39, 0.29) is 22.2 Å². The lowest BCUT2D eigenvalue weighted by atomic mass is 10.0. The highest BCUT2D eigenvalue weighted by Gasteiger charge is 2.34. The number of ether oxygens (including phenoxy) is 2. The number of aromatic nitrogens is 2. The van der Waals surface area contributed by atoms with Gasteiger partial charge in [-0.05, 0) is 55.8 Å². The van der Waals surface area contributed by atoms with E-state index in [1.807, 2.05) is 32.0 Å². The summed E-state index contributed by atoms with van der Waals surface area (Å²) in [5.74, 6) is 1.43. The van der Waals surface area contributed by atoms with Crippen LogP contribution in [0.1, 0.15) is 29.0 Å². The van der Waals surface area contributed by atoms with Crippen molar-refractivity contribution >= 4 is 23.5 Å². The van der Waals surface area contributed by atoms with Gasteiger partial charge in [0.1, 0.15) is 11.6 Å². The van der Waals surface area contributed by atoms with E-state index in [0.29, 0.717) is 23.0 Å².